The molecule has 2 amide bonds. The van der Waals surface area contributed by atoms with Gasteiger partial charge in [0.05, 0.1) is 5.69 Å². The first kappa shape index (κ1) is 21.1. The van der Waals surface area contributed by atoms with E-state index in [4.69, 9.17) is 0 Å². The number of unbranched alkanes of at least 4 members (excludes halogenated alkanes) is 1. The van der Waals surface area contributed by atoms with Crippen LogP contribution in [0.15, 0.2) is 24.3 Å². The molecule has 0 saturated carbocycles. The van der Waals surface area contributed by atoms with Gasteiger partial charge in [-0.15, -0.1) is 0 Å². The second kappa shape index (κ2) is 9.25. The van der Waals surface area contributed by atoms with Gasteiger partial charge in [-0.05, 0) is 43.2 Å². The molecule has 0 saturated heterocycles. The van der Waals surface area contributed by atoms with E-state index >= 15 is 0 Å². The molecule has 0 radical (unpaired) electrons. The van der Waals surface area contributed by atoms with E-state index in [2.05, 4.69) is 31.1 Å². The third-order valence-electron chi connectivity index (χ3n) is 5.55. The lowest BCUT2D eigenvalue weighted by atomic mass is 10.0. The van der Waals surface area contributed by atoms with Crippen molar-refractivity contribution in [2.45, 2.75) is 65.3 Å². The van der Waals surface area contributed by atoms with Crippen molar-refractivity contribution in [3.8, 4) is 0 Å². The standard InChI is InChI=1S/C23H32N4O2/c1-5-6-14-26(4)23(29)21-25-20(19-13-9-10-15-27(19)21)22(28)24-18-12-8-7-11-17(18)16(2)3/h7-8,11-12,16H,5-6,9-10,13-15H2,1-4H3,(H,24,28). The summed E-state index contributed by atoms with van der Waals surface area (Å²) in [7, 11) is 1.81. The van der Waals surface area contributed by atoms with Gasteiger partial charge < -0.3 is 14.8 Å². The van der Waals surface area contributed by atoms with Crippen LogP contribution in [0.1, 0.15) is 84.7 Å². The van der Waals surface area contributed by atoms with Crippen LogP contribution < -0.4 is 5.32 Å². The van der Waals surface area contributed by atoms with Crippen LogP contribution in [0.2, 0.25) is 0 Å². The number of rotatable bonds is 7. The molecule has 1 aromatic carbocycles. The summed E-state index contributed by atoms with van der Waals surface area (Å²) in [5, 5.41) is 3.03. The Morgan fingerprint density at radius 2 is 2.00 bits per heavy atom. The predicted molar refractivity (Wildman–Crippen MR) is 116 cm³/mol. The third kappa shape index (κ3) is 4.52. The minimum absolute atomic E-state index is 0.108. The van der Waals surface area contributed by atoms with Gasteiger partial charge in [-0.25, -0.2) is 4.98 Å². The fraction of sp³-hybridized carbons (Fsp3) is 0.522. The van der Waals surface area contributed by atoms with Gasteiger partial charge in [-0.1, -0.05) is 45.4 Å². The van der Waals surface area contributed by atoms with E-state index in [1.807, 2.05) is 28.8 Å². The summed E-state index contributed by atoms with van der Waals surface area (Å²) >= 11 is 0. The lowest BCUT2D eigenvalue weighted by molar-refractivity contribution is 0.0775. The molecule has 0 spiro atoms. The number of imidazole rings is 1. The lowest BCUT2D eigenvalue weighted by Gasteiger charge is -2.20. The Kier molecular flexibility index (Phi) is 6.72. The van der Waals surface area contributed by atoms with E-state index < -0.39 is 0 Å². The lowest BCUT2D eigenvalue weighted by Crippen LogP contribution is -2.31. The highest BCUT2D eigenvalue weighted by Gasteiger charge is 2.29. The van der Waals surface area contributed by atoms with Crippen molar-refractivity contribution < 1.29 is 9.59 Å². The highest BCUT2D eigenvalue weighted by Crippen LogP contribution is 2.26. The molecule has 0 aliphatic carbocycles. The largest absolute Gasteiger partial charge is 0.339 e. The van der Waals surface area contributed by atoms with E-state index in [1.54, 1.807) is 11.9 Å². The first-order valence-electron chi connectivity index (χ1n) is 10.7. The molecule has 1 N–H and O–H groups in total. The first-order chi connectivity index (χ1) is 13.9. The third-order valence-corrected chi connectivity index (χ3v) is 5.55. The van der Waals surface area contributed by atoms with Gasteiger partial charge in [0.1, 0.15) is 0 Å². The van der Waals surface area contributed by atoms with E-state index in [0.717, 1.165) is 55.6 Å². The quantitative estimate of drug-likeness (QED) is 0.751. The fourth-order valence-corrected chi connectivity index (χ4v) is 3.85. The molecule has 1 aromatic heterocycles. The molecule has 6 nitrogen and oxygen atoms in total. The van der Waals surface area contributed by atoms with Crippen LogP contribution in [0.4, 0.5) is 5.69 Å². The summed E-state index contributed by atoms with van der Waals surface area (Å²) in [5.41, 5.74) is 3.15. The Labute approximate surface area is 173 Å². The van der Waals surface area contributed by atoms with Gasteiger partial charge >= 0.3 is 0 Å². The fourth-order valence-electron chi connectivity index (χ4n) is 3.85. The number of para-hydroxylation sites is 1. The number of hydrogen-bond donors (Lipinski definition) is 1. The summed E-state index contributed by atoms with van der Waals surface area (Å²) in [6.07, 6.45) is 4.76. The Hall–Kier alpha value is -2.63. The number of hydrogen-bond acceptors (Lipinski definition) is 3. The Balaban J connectivity index is 1.91. The van der Waals surface area contributed by atoms with Gasteiger partial charge in [0, 0.05) is 25.8 Å². The molecule has 1 aliphatic heterocycles. The smallest absolute Gasteiger partial charge is 0.289 e. The average Bonchev–Trinajstić information content (AvgIpc) is 3.11. The van der Waals surface area contributed by atoms with E-state index in [1.165, 1.54) is 0 Å². The molecule has 156 valence electrons. The van der Waals surface area contributed by atoms with Crippen molar-refractivity contribution in [2.24, 2.45) is 0 Å². The zero-order chi connectivity index (χ0) is 21.0. The minimum Gasteiger partial charge on any atom is -0.339 e. The van der Waals surface area contributed by atoms with Crippen LogP contribution in [-0.4, -0.2) is 39.9 Å². The molecule has 3 rings (SSSR count). The van der Waals surface area contributed by atoms with E-state index in [-0.39, 0.29) is 11.8 Å². The molecule has 29 heavy (non-hydrogen) atoms. The number of fused-ring (bicyclic) bond motifs is 1. The molecule has 2 aromatic rings. The van der Waals surface area contributed by atoms with Crippen molar-refractivity contribution in [2.75, 3.05) is 18.9 Å². The summed E-state index contributed by atoms with van der Waals surface area (Å²) in [4.78, 5) is 32.4. The Bertz CT molecular complexity index is 885. The zero-order valence-electron chi connectivity index (χ0n) is 18.0. The van der Waals surface area contributed by atoms with Gasteiger partial charge in [0.15, 0.2) is 11.5 Å². The van der Waals surface area contributed by atoms with Gasteiger partial charge in [0.2, 0.25) is 0 Å². The van der Waals surface area contributed by atoms with Crippen LogP contribution in [-0.2, 0) is 13.0 Å². The number of aromatic nitrogens is 2. The molecular formula is C23H32N4O2. The van der Waals surface area contributed by atoms with Crippen molar-refractivity contribution in [1.29, 1.82) is 0 Å². The SMILES string of the molecule is CCCCN(C)C(=O)c1nc(C(=O)Nc2ccccc2C(C)C)c2n1CCCC2. The summed E-state index contributed by atoms with van der Waals surface area (Å²) in [6.45, 7) is 7.74. The maximum atomic E-state index is 13.1. The molecule has 2 heterocycles. The normalized spacial score (nSPS) is 13.3. The van der Waals surface area contributed by atoms with E-state index in [9.17, 15) is 9.59 Å². The first-order valence-corrected chi connectivity index (χ1v) is 10.7. The van der Waals surface area contributed by atoms with Crippen molar-refractivity contribution in [3.63, 3.8) is 0 Å². The van der Waals surface area contributed by atoms with Gasteiger partial charge in [-0.2, -0.15) is 0 Å². The van der Waals surface area contributed by atoms with Crippen LogP contribution in [0.5, 0.6) is 0 Å². The minimum atomic E-state index is -0.237. The number of carbonyl (C=O) groups excluding carboxylic acids is 2. The van der Waals surface area contributed by atoms with Crippen molar-refractivity contribution in [1.82, 2.24) is 14.5 Å². The maximum absolute atomic E-state index is 13.1. The average molecular weight is 397 g/mol. The molecule has 0 unspecified atom stereocenters. The molecule has 0 atom stereocenters. The zero-order valence-corrected chi connectivity index (χ0v) is 18.0. The highest BCUT2D eigenvalue weighted by molar-refractivity contribution is 6.05. The second-order valence-electron chi connectivity index (χ2n) is 8.12. The summed E-state index contributed by atoms with van der Waals surface area (Å²) < 4.78 is 1.96. The molecular weight excluding hydrogens is 364 g/mol. The Morgan fingerprint density at radius 1 is 1.24 bits per heavy atom. The Morgan fingerprint density at radius 3 is 2.72 bits per heavy atom. The highest BCUT2D eigenvalue weighted by atomic mass is 16.2. The van der Waals surface area contributed by atoms with Crippen LogP contribution in [0.3, 0.4) is 0 Å². The van der Waals surface area contributed by atoms with Crippen LogP contribution >= 0.6 is 0 Å². The monoisotopic (exact) mass is 396 g/mol. The number of anilines is 1. The van der Waals surface area contributed by atoms with Gasteiger partial charge in [-0.3, -0.25) is 9.59 Å². The van der Waals surface area contributed by atoms with Crippen LogP contribution in [0, 0.1) is 0 Å². The summed E-state index contributed by atoms with van der Waals surface area (Å²) in [6, 6.07) is 7.84. The van der Waals surface area contributed by atoms with Crippen molar-refractivity contribution >= 4 is 17.5 Å². The molecule has 0 bridgehead atoms. The topological polar surface area (TPSA) is 67.2 Å². The van der Waals surface area contributed by atoms with E-state index in [0.29, 0.717) is 24.0 Å². The number of nitrogens with one attached hydrogen (secondary N) is 1. The predicted octanol–water partition coefficient (Wildman–Crippen LogP) is 4.47. The summed E-state index contributed by atoms with van der Waals surface area (Å²) in [5.74, 6) is 0.342. The maximum Gasteiger partial charge on any atom is 0.289 e. The van der Waals surface area contributed by atoms with Crippen LogP contribution in [0.25, 0.3) is 0 Å². The number of amides is 2. The molecule has 0 fully saturated rings. The molecule has 6 heteroatoms. The second-order valence-corrected chi connectivity index (χ2v) is 8.12. The molecule has 1 aliphatic rings. The van der Waals surface area contributed by atoms with Gasteiger partial charge in [0.25, 0.3) is 11.8 Å². The van der Waals surface area contributed by atoms with Crippen molar-refractivity contribution in [3.05, 3.63) is 47.0 Å². The number of benzene rings is 1. The number of nitrogens with zero attached hydrogens (tertiary/aromatic N) is 3. The number of carbonyl (C=O) groups is 2.